The van der Waals surface area contributed by atoms with E-state index in [1.54, 1.807) is 29.2 Å². The molecule has 0 spiro atoms. The molecule has 1 heterocycles. The van der Waals surface area contributed by atoms with Crippen LogP contribution in [0.3, 0.4) is 0 Å². The van der Waals surface area contributed by atoms with E-state index in [2.05, 4.69) is 10.9 Å². The van der Waals surface area contributed by atoms with E-state index in [1.165, 1.54) is 0 Å². The SMILES string of the molecule is CC(C)(C)OC(=O)N1CCC[C@H]1COCNNC(=O)c1ccccc1. The van der Waals surface area contributed by atoms with Crippen LogP contribution in [0.25, 0.3) is 0 Å². The Balaban J connectivity index is 1.67. The van der Waals surface area contributed by atoms with Gasteiger partial charge in [-0.15, -0.1) is 0 Å². The second-order valence-electron chi connectivity index (χ2n) is 6.98. The zero-order chi connectivity index (χ0) is 18.3. The summed E-state index contributed by atoms with van der Waals surface area (Å²) in [5, 5.41) is 0. The molecular formula is C18H27N3O4. The number of nitrogens with zero attached hydrogens (tertiary/aromatic N) is 1. The highest BCUT2D eigenvalue weighted by atomic mass is 16.6. The van der Waals surface area contributed by atoms with Crippen molar-refractivity contribution < 1.29 is 19.1 Å². The van der Waals surface area contributed by atoms with E-state index in [0.717, 1.165) is 12.8 Å². The smallest absolute Gasteiger partial charge is 0.410 e. The third-order valence-electron chi connectivity index (χ3n) is 3.73. The van der Waals surface area contributed by atoms with Gasteiger partial charge in [0.2, 0.25) is 0 Å². The molecular weight excluding hydrogens is 322 g/mol. The highest BCUT2D eigenvalue weighted by molar-refractivity contribution is 5.93. The number of nitrogens with one attached hydrogen (secondary N) is 2. The van der Waals surface area contributed by atoms with Gasteiger partial charge in [0.15, 0.2) is 0 Å². The van der Waals surface area contributed by atoms with Gasteiger partial charge in [-0.2, -0.15) is 0 Å². The van der Waals surface area contributed by atoms with E-state index >= 15 is 0 Å². The molecule has 7 nitrogen and oxygen atoms in total. The molecule has 1 aliphatic heterocycles. The van der Waals surface area contributed by atoms with Gasteiger partial charge in [-0.25, -0.2) is 10.2 Å². The Hall–Kier alpha value is -2.12. The number of hydrogen-bond acceptors (Lipinski definition) is 5. The lowest BCUT2D eigenvalue weighted by molar-refractivity contribution is 0.00811. The summed E-state index contributed by atoms with van der Waals surface area (Å²) in [6.45, 7) is 6.80. The van der Waals surface area contributed by atoms with Gasteiger partial charge in [0.1, 0.15) is 12.3 Å². The minimum Gasteiger partial charge on any atom is -0.444 e. The number of hydrazine groups is 1. The van der Waals surface area contributed by atoms with E-state index in [4.69, 9.17) is 9.47 Å². The molecule has 2 N–H and O–H groups in total. The molecule has 0 aromatic heterocycles. The number of likely N-dealkylation sites (tertiary alicyclic amines) is 1. The minimum atomic E-state index is -0.506. The van der Waals surface area contributed by atoms with Gasteiger partial charge in [0.05, 0.1) is 12.6 Å². The third kappa shape index (κ3) is 6.36. The summed E-state index contributed by atoms with van der Waals surface area (Å²) < 4.78 is 11.0. The largest absolute Gasteiger partial charge is 0.444 e. The van der Waals surface area contributed by atoms with Crippen molar-refractivity contribution in [1.82, 2.24) is 15.8 Å². The quantitative estimate of drug-likeness (QED) is 0.468. The number of carbonyl (C=O) groups excluding carboxylic acids is 2. The second kappa shape index (κ2) is 8.82. The molecule has 7 heteroatoms. The fourth-order valence-corrected chi connectivity index (χ4v) is 2.59. The maximum Gasteiger partial charge on any atom is 0.410 e. The van der Waals surface area contributed by atoms with Gasteiger partial charge < -0.3 is 14.4 Å². The van der Waals surface area contributed by atoms with Crippen molar-refractivity contribution in [1.29, 1.82) is 0 Å². The van der Waals surface area contributed by atoms with Crippen LogP contribution < -0.4 is 10.9 Å². The minimum absolute atomic E-state index is 0.00137. The monoisotopic (exact) mass is 349 g/mol. The van der Waals surface area contributed by atoms with E-state index in [1.807, 2.05) is 26.8 Å². The lowest BCUT2D eigenvalue weighted by Gasteiger charge is -2.28. The molecule has 0 radical (unpaired) electrons. The van der Waals surface area contributed by atoms with Crippen LogP contribution in [0.4, 0.5) is 4.79 Å². The van der Waals surface area contributed by atoms with Crippen LogP contribution >= 0.6 is 0 Å². The first-order chi connectivity index (χ1) is 11.9. The number of hydrogen-bond donors (Lipinski definition) is 2. The maximum atomic E-state index is 12.2. The topological polar surface area (TPSA) is 79.9 Å². The molecule has 138 valence electrons. The van der Waals surface area contributed by atoms with E-state index in [9.17, 15) is 9.59 Å². The van der Waals surface area contributed by atoms with E-state index < -0.39 is 5.60 Å². The lowest BCUT2D eigenvalue weighted by Crippen LogP contribution is -2.43. The predicted molar refractivity (Wildman–Crippen MR) is 93.8 cm³/mol. The van der Waals surface area contributed by atoms with Crippen molar-refractivity contribution >= 4 is 12.0 Å². The average molecular weight is 349 g/mol. The number of amides is 2. The van der Waals surface area contributed by atoms with Crippen LogP contribution in [0.15, 0.2) is 30.3 Å². The molecule has 2 amide bonds. The van der Waals surface area contributed by atoms with Crippen LogP contribution in [0.1, 0.15) is 44.0 Å². The van der Waals surface area contributed by atoms with Crippen molar-refractivity contribution in [3.63, 3.8) is 0 Å². The molecule has 1 saturated heterocycles. The number of rotatable bonds is 6. The zero-order valence-corrected chi connectivity index (χ0v) is 15.1. The van der Waals surface area contributed by atoms with Crippen molar-refractivity contribution in [2.45, 2.75) is 45.3 Å². The summed E-state index contributed by atoms with van der Waals surface area (Å²) in [5.41, 5.74) is 5.37. The number of ether oxygens (including phenoxy) is 2. The lowest BCUT2D eigenvalue weighted by atomic mass is 10.2. The molecule has 0 bridgehead atoms. The van der Waals surface area contributed by atoms with E-state index in [0.29, 0.717) is 18.7 Å². The second-order valence-corrected chi connectivity index (χ2v) is 6.98. The summed E-state index contributed by atoms with van der Waals surface area (Å²) in [5.74, 6) is -0.222. The number of carbonyl (C=O) groups is 2. The van der Waals surface area contributed by atoms with Crippen LogP contribution in [-0.2, 0) is 9.47 Å². The highest BCUT2D eigenvalue weighted by Gasteiger charge is 2.32. The fraction of sp³-hybridized carbons (Fsp3) is 0.556. The van der Waals surface area contributed by atoms with Gasteiger partial charge in [-0.3, -0.25) is 10.2 Å². The van der Waals surface area contributed by atoms with Crippen LogP contribution in [0, 0.1) is 0 Å². The van der Waals surface area contributed by atoms with Crippen LogP contribution in [0.5, 0.6) is 0 Å². The summed E-state index contributed by atoms with van der Waals surface area (Å²) in [6.07, 6.45) is 1.52. The molecule has 25 heavy (non-hydrogen) atoms. The Morgan fingerprint density at radius 3 is 2.64 bits per heavy atom. The molecule has 1 aromatic rings. The molecule has 1 atom stereocenters. The summed E-state index contributed by atoms with van der Waals surface area (Å²) >= 11 is 0. The fourth-order valence-electron chi connectivity index (χ4n) is 2.59. The summed E-state index contributed by atoms with van der Waals surface area (Å²) in [7, 11) is 0. The van der Waals surface area contributed by atoms with E-state index in [-0.39, 0.29) is 24.8 Å². The highest BCUT2D eigenvalue weighted by Crippen LogP contribution is 2.20. The van der Waals surface area contributed by atoms with Crippen LogP contribution in [0.2, 0.25) is 0 Å². The molecule has 0 saturated carbocycles. The van der Waals surface area contributed by atoms with Gasteiger partial charge in [-0.05, 0) is 45.7 Å². The first-order valence-corrected chi connectivity index (χ1v) is 8.52. The summed E-state index contributed by atoms with van der Waals surface area (Å²) in [4.78, 5) is 25.7. The first kappa shape index (κ1) is 19.2. The standard InChI is InChI=1S/C18H27N3O4/c1-18(2,3)25-17(23)21-11-7-10-15(21)12-24-13-19-20-16(22)14-8-5-4-6-9-14/h4-6,8-9,15,19H,7,10-13H2,1-3H3,(H,20,22)/t15-/m0/s1. The van der Waals surface area contributed by atoms with Gasteiger partial charge in [0, 0.05) is 12.1 Å². The van der Waals surface area contributed by atoms with Crippen molar-refractivity contribution in [2.24, 2.45) is 0 Å². The zero-order valence-electron chi connectivity index (χ0n) is 15.1. The molecule has 1 aromatic carbocycles. The Bertz CT molecular complexity index is 571. The molecule has 2 rings (SSSR count). The average Bonchev–Trinajstić information content (AvgIpc) is 3.02. The third-order valence-corrected chi connectivity index (χ3v) is 3.73. The van der Waals surface area contributed by atoms with Crippen molar-refractivity contribution in [3.05, 3.63) is 35.9 Å². The van der Waals surface area contributed by atoms with Crippen molar-refractivity contribution in [2.75, 3.05) is 19.9 Å². The van der Waals surface area contributed by atoms with Crippen molar-refractivity contribution in [3.8, 4) is 0 Å². The van der Waals surface area contributed by atoms with Gasteiger partial charge in [-0.1, -0.05) is 18.2 Å². The molecule has 0 unspecified atom stereocenters. The van der Waals surface area contributed by atoms with Gasteiger partial charge in [0.25, 0.3) is 5.91 Å². The molecule has 0 aliphatic carbocycles. The van der Waals surface area contributed by atoms with Gasteiger partial charge >= 0.3 is 6.09 Å². The Morgan fingerprint density at radius 1 is 1.24 bits per heavy atom. The predicted octanol–water partition coefficient (Wildman–Crippen LogP) is 2.29. The Kier molecular flexibility index (Phi) is 6.78. The number of benzene rings is 1. The molecule has 1 aliphatic rings. The molecule has 1 fully saturated rings. The van der Waals surface area contributed by atoms with Crippen LogP contribution in [-0.4, -0.2) is 48.4 Å². The Morgan fingerprint density at radius 2 is 1.96 bits per heavy atom. The normalized spacial score (nSPS) is 17.4. The Labute approximate surface area is 148 Å². The first-order valence-electron chi connectivity index (χ1n) is 8.52. The summed E-state index contributed by atoms with van der Waals surface area (Å²) in [6, 6.07) is 8.92. The maximum absolute atomic E-state index is 12.2.